The molecule has 1 aliphatic heterocycles. The zero-order chi connectivity index (χ0) is 33.8. The fourth-order valence-corrected chi connectivity index (χ4v) is 5.36. The topological polar surface area (TPSA) is 157 Å². The summed E-state index contributed by atoms with van der Waals surface area (Å²) in [6, 6.07) is 4.18. The predicted octanol–water partition coefficient (Wildman–Crippen LogP) is 2.77. The number of aromatic nitrogens is 3. The maximum atomic E-state index is 13.6. The van der Waals surface area contributed by atoms with Crippen molar-refractivity contribution >= 4 is 23.6 Å². The van der Waals surface area contributed by atoms with Gasteiger partial charge in [0.15, 0.2) is 17.3 Å². The molecule has 0 saturated carbocycles. The van der Waals surface area contributed by atoms with Crippen LogP contribution in [0.1, 0.15) is 90.0 Å². The SMILES string of the molecule is CC[C@H](C)[C@@H]1NC(=O)CCCN(C(=O)CC(C)C)CCCNC(=O)Cn2nc(Cc3ccc(OC)c(OC)c3)nc2[C@@H](C)NC1=O. The van der Waals surface area contributed by atoms with Crippen molar-refractivity contribution in [3.05, 3.63) is 35.4 Å². The van der Waals surface area contributed by atoms with E-state index < -0.39 is 12.1 Å². The number of carbonyl (C=O) groups is 4. The van der Waals surface area contributed by atoms with Crippen molar-refractivity contribution in [3.63, 3.8) is 0 Å². The van der Waals surface area contributed by atoms with Crippen LogP contribution in [-0.2, 0) is 32.1 Å². The first-order valence-corrected chi connectivity index (χ1v) is 16.2. The van der Waals surface area contributed by atoms with Crippen LogP contribution in [0.5, 0.6) is 11.5 Å². The first-order valence-electron chi connectivity index (χ1n) is 16.2. The molecule has 3 rings (SSSR count). The Morgan fingerprint density at radius 2 is 1.74 bits per heavy atom. The number of carbonyl (C=O) groups excluding carboxylic acids is 4. The standard InChI is InChI=1S/C33H51N7O6/c1-8-22(4)31-33(44)35-23(5)32-36-27(19-24-12-13-25(45-6)26(18-24)46-7)38-40(32)20-29(42)34-14-10-16-39(30(43)17-21(2)3)15-9-11-28(41)37-31/h12-13,18,21-23,31H,8-11,14-17,19-20H2,1-7H3,(H,34,42)(H,35,44)(H,37,41)/t22-,23+,31-/m0/s1. The van der Waals surface area contributed by atoms with E-state index in [1.54, 1.807) is 32.1 Å². The van der Waals surface area contributed by atoms with Crippen LogP contribution in [-0.4, -0.2) is 83.2 Å². The van der Waals surface area contributed by atoms with Crippen molar-refractivity contribution in [2.75, 3.05) is 33.9 Å². The number of nitrogens with one attached hydrogen (secondary N) is 3. The highest BCUT2D eigenvalue weighted by Crippen LogP contribution is 2.28. The Kier molecular flexibility index (Phi) is 13.8. The highest BCUT2D eigenvalue weighted by Gasteiger charge is 2.29. The van der Waals surface area contributed by atoms with E-state index in [4.69, 9.17) is 14.5 Å². The van der Waals surface area contributed by atoms with Crippen LogP contribution >= 0.6 is 0 Å². The second-order valence-corrected chi connectivity index (χ2v) is 12.4. The van der Waals surface area contributed by atoms with E-state index in [9.17, 15) is 19.2 Å². The minimum Gasteiger partial charge on any atom is -0.493 e. The summed E-state index contributed by atoms with van der Waals surface area (Å²) < 4.78 is 12.3. The summed E-state index contributed by atoms with van der Waals surface area (Å²) >= 11 is 0. The summed E-state index contributed by atoms with van der Waals surface area (Å²) in [5.74, 6) is 1.32. The van der Waals surface area contributed by atoms with E-state index in [0.717, 1.165) is 5.56 Å². The molecule has 4 amide bonds. The lowest BCUT2D eigenvalue weighted by atomic mass is 9.97. The van der Waals surface area contributed by atoms with Gasteiger partial charge < -0.3 is 30.3 Å². The van der Waals surface area contributed by atoms with Crippen molar-refractivity contribution in [2.24, 2.45) is 11.8 Å². The fraction of sp³-hybridized carbons (Fsp3) is 0.636. The average molecular weight is 642 g/mol. The van der Waals surface area contributed by atoms with Gasteiger partial charge in [0.1, 0.15) is 18.4 Å². The number of methoxy groups -OCH3 is 2. The Morgan fingerprint density at radius 3 is 2.41 bits per heavy atom. The van der Waals surface area contributed by atoms with E-state index >= 15 is 0 Å². The molecule has 0 bridgehead atoms. The molecular formula is C33H51N7O6. The molecule has 2 aromatic rings. The number of hydrogen-bond acceptors (Lipinski definition) is 8. The molecular weight excluding hydrogens is 590 g/mol. The first kappa shape index (κ1) is 36.3. The third-order valence-electron chi connectivity index (χ3n) is 8.10. The Hall–Kier alpha value is -4.16. The maximum absolute atomic E-state index is 13.6. The van der Waals surface area contributed by atoms with Gasteiger partial charge in [-0.2, -0.15) is 5.10 Å². The molecule has 1 aromatic carbocycles. The van der Waals surface area contributed by atoms with Gasteiger partial charge in [-0.25, -0.2) is 9.67 Å². The largest absolute Gasteiger partial charge is 0.493 e. The normalized spacial score (nSPS) is 19.7. The van der Waals surface area contributed by atoms with Crippen molar-refractivity contribution in [1.29, 1.82) is 0 Å². The summed E-state index contributed by atoms with van der Waals surface area (Å²) in [7, 11) is 3.14. The van der Waals surface area contributed by atoms with Gasteiger partial charge in [-0.1, -0.05) is 40.2 Å². The van der Waals surface area contributed by atoms with Crippen LogP contribution in [0.25, 0.3) is 0 Å². The lowest BCUT2D eigenvalue weighted by molar-refractivity contribution is -0.133. The summed E-state index contributed by atoms with van der Waals surface area (Å²) in [4.78, 5) is 59.1. The van der Waals surface area contributed by atoms with Crippen LogP contribution in [0.15, 0.2) is 18.2 Å². The minimum absolute atomic E-state index is 0.0243. The van der Waals surface area contributed by atoms with Gasteiger partial charge >= 0.3 is 0 Å². The van der Waals surface area contributed by atoms with Gasteiger partial charge in [0.25, 0.3) is 0 Å². The first-order chi connectivity index (χ1) is 21.9. The molecule has 1 aromatic heterocycles. The van der Waals surface area contributed by atoms with Gasteiger partial charge in [-0.3, -0.25) is 19.2 Å². The zero-order valence-electron chi connectivity index (χ0n) is 28.4. The molecule has 0 radical (unpaired) electrons. The molecule has 0 fully saturated rings. The highest BCUT2D eigenvalue weighted by molar-refractivity contribution is 5.88. The Morgan fingerprint density at radius 1 is 1.02 bits per heavy atom. The predicted molar refractivity (Wildman–Crippen MR) is 173 cm³/mol. The minimum atomic E-state index is -0.761. The van der Waals surface area contributed by atoms with Crippen molar-refractivity contribution in [2.45, 2.75) is 91.8 Å². The molecule has 2 heterocycles. The maximum Gasteiger partial charge on any atom is 0.243 e. The van der Waals surface area contributed by atoms with Crippen molar-refractivity contribution < 1.29 is 28.7 Å². The van der Waals surface area contributed by atoms with Gasteiger partial charge in [0, 0.05) is 38.9 Å². The van der Waals surface area contributed by atoms with Gasteiger partial charge in [0.05, 0.1) is 20.3 Å². The van der Waals surface area contributed by atoms with E-state index in [2.05, 4.69) is 21.0 Å². The van der Waals surface area contributed by atoms with Crippen LogP contribution in [0, 0.1) is 11.8 Å². The molecule has 0 aliphatic carbocycles. The Labute approximate surface area is 272 Å². The monoisotopic (exact) mass is 641 g/mol. The number of rotatable bonds is 8. The number of fused-ring (bicyclic) bond motifs is 1. The number of ether oxygens (including phenoxy) is 2. The number of benzene rings is 1. The second kappa shape index (κ2) is 17.5. The Balaban J connectivity index is 1.90. The van der Waals surface area contributed by atoms with E-state index in [1.165, 1.54) is 4.68 Å². The van der Waals surface area contributed by atoms with Crippen LogP contribution in [0.4, 0.5) is 0 Å². The van der Waals surface area contributed by atoms with Gasteiger partial charge in [0.2, 0.25) is 23.6 Å². The molecule has 0 saturated heterocycles. The highest BCUT2D eigenvalue weighted by atomic mass is 16.5. The molecule has 1 aliphatic rings. The summed E-state index contributed by atoms with van der Waals surface area (Å²) in [5, 5.41) is 13.5. The van der Waals surface area contributed by atoms with Crippen LogP contribution in [0.2, 0.25) is 0 Å². The molecule has 254 valence electrons. The van der Waals surface area contributed by atoms with Gasteiger partial charge in [-0.05, 0) is 49.3 Å². The zero-order valence-corrected chi connectivity index (χ0v) is 28.4. The average Bonchev–Trinajstić information content (AvgIpc) is 3.41. The number of nitrogens with zero attached hydrogens (tertiary/aromatic N) is 4. The number of amides is 4. The third-order valence-corrected chi connectivity index (χ3v) is 8.10. The summed E-state index contributed by atoms with van der Waals surface area (Å²) in [6.45, 7) is 10.8. The van der Waals surface area contributed by atoms with E-state index in [1.807, 2.05) is 39.8 Å². The molecule has 0 spiro atoms. The van der Waals surface area contributed by atoms with Crippen molar-refractivity contribution in [1.82, 2.24) is 35.6 Å². The Bertz CT molecular complexity index is 1340. The molecule has 13 nitrogen and oxygen atoms in total. The number of hydrogen-bond donors (Lipinski definition) is 3. The molecule has 3 N–H and O–H groups in total. The summed E-state index contributed by atoms with van der Waals surface area (Å²) in [5.41, 5.74) is 0.879. The van der Waals surface area contributed by atoms with Crippen LogP contribution in [0.3, 0.4) is 0 Å². The smallest absolute Gasteiger partial charge is 0.243 e. The lowest BCUT2D eigenvalue weighted by Crippen LogP contribution is -2.51. The molecule has 3 atom stereocenters. The van der Waals surface area contributed by atoms with Crippen LogP contribution < -0.4 is 25.4 Å². The molecule has 46 heavy (non-hydrogen) atoms. The fourth-order valence-electron chi connectivity index (χ4n) is 5.36. The molecule has 13 heteroatoms. The lowest BCUT2D eigenvalue weighted by Gasteiger charge is -2.26. The quantitative estimate of drug-likeness (QED) is 0.397. The van der Waals surface area contributed by atoms with E-state index in [-0.39, 0.29) is 48.4 Å². The van der Waals surface area contributed by atoms with Crippen molar-refractivity contribution in [3.8, 4) is 11.5 Å². The van der Waals surface area contributed by atoms with Gasteiger partial charge in [-0.15, -0.1) is 0 Å². The third kappa shape index (κ3) is 10.4. The van der Waals surface area contributed by atoms with E-state index in [0.29, 0.717) is 74.9 Å². The second-order valence-electron chi connectivity index (χ2n) is 12.4. The molecule has 0 unspecified atom stereocenters. The summed E-state index contributed by atoms with van der Waals surface area (Å²) in [6.07, 6.45) is 2.67.